The van der Waals surface area contributed by atoms with Gasteiger partial charge in [0.15, 0.2) is 0 Å². The number of hydrogen-bond donors (Lipinski definition) is 0. The molecule has 1 rings (SSSR count). The molecule has 0 saturated carbocycles. The van der Waals surface area contributed by atoms with Gasteiger partial charge < -0.3 is 4.90 Å². The molecule has 60 valence electrons. The van der Waals surface area contributed by atoms with Crippen molar-refractivity contribution in [3.05, 3.63) is 0 Å². The summed E-state index contributed by atoms with van der Waals surface area (Å²) < 4.78 is 2.46. The number of piperazine rings is 1. The predicted octanol–water partition coefficient (Wildman–Crippen LogP) is 0.902. The van der Waals surface area contributed by atoms with Crippen LogP contribution < -0.4 is 0 Å². The van der Waals surface area contributed by atoms with Crippen LogP contribution in [0.1, 0.15) is 6.92 Å². The molecule has 0 N–H and O–H groups in total. The Bertz CT molecular complexity index is 89.6. The first-order valence-electron chi connectivity index (χ1n) is 3.89. The van der Waals surface area contributed by atoms with Crippen LogP contribution in [0.3, 0.4) is 0 Å². The molecule has 0 aromatic carbocycles. The van der Waals surface area contributed by atoms with Gasteiger partial charge in [-0.1, -0.05) is 18.9 Å². The first-order chi connectivity index (χ1) is 4.83. The monoisotopic (exact) mass is 160 g/mol. The van der Waals surface area contributed by atoms with Gasteiger partial charge in [0.25, 0.3) is 0 Å². The van der Waals surface area contributed by atoms with Crippen LogP contribution in [0.25, 0.3) is 0 Å². The molecule has 0 radical (unpaired) electrons. The van der Waals surface area contributed by atoms with E-state index >= 15 is 0 Å². The molecule has 1 heterocycles. The van der Waals surface area contributed by atoms with E-state index in [1.165, 1.54) is 31.9 Å². The highest BCUT2D eigenvalue weighted by atomic mass is 32.2. The van der Waals surface area contributed by atoms with Gasteiger partial charge in [-0.3, -0.25) is 0 Å². The van der Waals surface area contributed by atoms with E-state index in [2.05, 4.69) is 23.2 Å². The molecule has 0 aliphatic carbocycles. The zero-order chi connectivity index (χ0) is 7.40. The summed E-state index contributed by atoms with van der Waals surface area (Å²) in [6, 6.07) is 0. The van der Waals surface area contributed by atoms with Crippen LogP contribution in [-0.4, -0.2) is 48.2 Å². The fourth-order valence-corrected chi connectivity index (χ4v) is 1.89. The fourth-order valence-electron chi connectivity index (χ4n) is 1.10. The van der Waals surface area contributed by atoms with E-state index in [1.807, 2.05) is 11.9 Å². The van der Waals surface area contributed by atoms with Gasteiger partial charge in [0, 0.05) is 31.9 Å². The third-order valence-electron chi connectivity index (χ3n) is 1.77. The standard InChI is InChI=1S/C7H16N2S/c1-3-10-9-6-4-8(2)5-7-9/h3-7H2,1-2H3. The van der Waals surface area contributed by atoms with Crippen LogP contribution in [0.5, 0.6) is 0 Å². The molecule has 0 unspecified atom stereocenters. The van der Waals surface area contributed by atoms with Crippen LogP contribution in [0, 0.1) is 0 Å². The van der Waals surface area contributed by atoms with Crippen LogP contribution in [-0.2, 0) is 0 Å². The van der Waals surface area contributed by atoms with E-state index in [0.717, 1.165) is 0 Å². The van der Waals surface area contributed by atoms with Crippen LogP contribution in [0.15, 0.2) is 0 Å². The number of likely N-dealkylation sites (N-methyl/N-ethyl adjacent to an activating group) is 1. The fraction of sp³-hybridized carbons (Fsp3) is 1.00. The summed E-state index contributed by atoms with van der Waals surface area (Å²) in [5.41, 5.74) is 0. The molecular weight excluding hydrogens is 144 g/mol. The molecule has 10 heavy (non-hydrogen) atoms. The van der Waals surface area contributed by atoms with Crippen molar-refractivity contribution in [2.45, 2.75) is 6.92 Å². The molecular formula is C7H16N2S. The molecule has 2 nitrogen and oxygen atoms in total. The highest BCUT2D eigenvalue weighted by Gasteiger charge is 2.12. The second kappa shape index (κ2) is 4.21. The summed E-state index contributed by atoms with van der Waals surface area (Å²) in [5, 5.41) is 0. The zero-order valence-corrected chi connectivity index (χ0v) is 7.65. The predicted molar refractivity (Wildman–Crippen MR) is 47.2 cm³/mol. The lowest BCUT2D eigenvalue weighted by molar-refractivity contribution is 0.233. The minimum absolute atomic E-state index is 1.21. The number of nitrogens with zero attached hydrogens (tertiary/aromatic N) is 2. The first-order valence-corrected chi connectivity index (χ1v) is 4.83. The van der Waals surface area contributed by atoms with Crippen LogP contribution in [0.4, 0.5) is 0 Å². The Morgan fingerprint density at radius 2 is 1.80 bits per heavy atom. The third kappa shape index (κ3) is 2.48. The molecule has 0 bridgehead atoms. The van der Waals surface area contributed by atoms with Crippen molar-refractivity contribution in [1.82, 2.24) is 9.21 Å². The van der Waals surface area contributed by atoms with Crippen LogP contribution >= 0.6 is 11.9 Å². The normalized spacial score (nSPS) is 23.4. The van der Waals surface area contributed by atoms with E-state index < -0.39 is 0 Å². The Morgan fingerprint density at radius 3 is 2.30 bits per heavy atom. The molecule has 0 spiro atoms. The highest BCUT2D eigenvalue weighted by molar-refractivity contribution is 7.96. The van der Waals surface area contributed by atoms with E-state index in [9.17, 15) is 0 Å². The molecule has 1 aliphatic heterocycles. The minimum Gasteiger partial charge on any atom is -0.304 e. The summed E-state index contributed by atoms with van der Waals surface area (Å²) in [5.74, 6) is 1.21. The number of hydrogen-bond acceptors (Lipinski definition) is 3. The maximum absolute atomic E-state index is 2.46. The van der Waals surface area contributed by atoms with Crippen molar-refractivity contribution in [1.29, 1.82) is 0 Å². The van der Waals surface area contributed by atoms with Gasteiger partial charge in [-0.05, 0) is 7.05 Å². The Kier molecular flexibility index (Phi) is 3.52. The lowest BCUT2D eigenvalue weighted by Gasteiger charge is -2.30. The van der Waals surface area contributed by atoms with E-state index in [1.54, 1.807) is 0 Å². The average molecular weight is 160 g/mol. The molecule has 1 aliphatic rings. The van der Waals surface area contributed by atoms with Gasteiger partial charge in [-0.2, -0.15) is 0 Å². The Hall–Kier alpha value is 0.270. The quantitative estimate of drug-likeness (QED) is 0.554. The second-order valence-electron chi connectivity index (χ2n) is 2.65. The van der Waals surface area contributed by atoms with E-state index in [0.29, 0.717) is 0 Å². The minimum atomic E-state index is 1.21. The van der Waals surface area contributed by atoms with Crippen molar-refractivity contribution in [3.8, 4) is 0 Å². The second-order valence-corrected chi connectivity index (χ2v) is 4.00. The van der Waals surface area contributed by atoms with E-state index in [4.69, 9.17) is 0 Å². The van der Waals surface area contributed by atoms with Crippen LogP contribution in [0.2, 0.25) is 0 Å². The van der Waals surface area contributed by atoms with Gasteiger partial charge >= 0.3 is 0 Å². The summed E-state index contributed by atoms with van der Waals surface area (Å²) in [6.07, 6.45) is 0. The largest absolute Gasteiger partial charge is 0.304 e. The highest BCUT2D eigenvalue weighted by Crippen LogP contribution is 2.11. The molecule has 1 saturated heterocycles. The molecule has 0 amide bonds. The van der Waals surface area contributed by atoms with Gasteiger partial charge in [0.05, 0.1) is 0 Å². The molecule has 0 atom stereocenters. The first kappa shape index (κ1) is 8.37. The van der Waals surface area contributed by atoms with Crippen molar-refractivity contribution >= 4 is 11.9 Å². The van der Waals surface area contributed by atoms with E-state index in [-0.39, 0.29) is 0 Å². The Balaban J connectivity index is 2.13. The summed E-state index contributed by atoms with van der Waals surface area (Å²) >= 11 is 1.96. The SMILES string of the molecule is CCSN1CCN(C)CC1. The van der Waals surface area contributed by atoms with Crippen molar-refractivity contribution < 1.29 is 0 Å². The maximum atomic E-state index is 2.46. The summed E-state index contributed by atoms with van der Waals surface area (Å²) in [6.45, 7) is 7.13. The summed E-state index contributed by atoms with van der Waals surface area (Å²) in [7, 11) is 2.19. The molecule has 0 aromatic heterocycles. The zero-order valence-electron chi connectivity index (χ0n) is 6.84. The number of rotatable bonds is 2. The molecule has 1 fully saturated rings. The third-order valence-corrected chi connectivity index (χ3v) is 2.76. The van der Waals surface area contributed by atoms with Gasteiger partial charge in [0.2, 0.25) is 0 Å². The molecule has 3 heteroatoms. The maximum Gasteiger partial charge on any atom is 0.0218 e. The van der Waals surface area contributed by atoms with Gasteiger partial charge in [0.1, 0.15) is 0 Å². The van der Waals surface area contributed by atoms with Gasteiger partial charge in [-0.25, -0.2) is 4.31 Å². The molecule has 0 aromatic rings. The smallest absolute Gasteiger partial charge is 0.0218 e. The Labute approximate surface area is 67.7 Å². The van der Waals surface area contributed by atoms with Crippen molar-refractivity contribution in [3.63, 3.8) is 0 Å². The summed E-state index contributed by atoms with van der Waals surface area (Å²) in [4.78, 5) is 2.38. The lowest BCUT2D eigenvalue weighted by Crippen LogP contribution is -2.41. The topological polar surface area (TPSA) is 6.48 Å². The van der Waals surface area contributed by atoms with Crippen molar-refractivity contribution in [2.24, 2.45) is 0 Å². The van der Waals surface area contributed by atoms with Gasteiger partial charge in [-0.15, -0.1) is 0 Å². The average Bonchev–Trinajstić information content (AvgIpc) is 1.95. The lowest BCUT2D eigenvalue weighted by atomic mass is 10.4. The Morgan fingerprint density at radius 1 is 1.20 bits per heavy atom. The van der Waals surface area contributed by atoms with Crippen molar-refractivity contribution in [2.75, 3.05) is 39.0 Å².